The Bertz CT molecular complexity index is 569. The Kier molecular flexibility index (Phi) is 11.7. The fourth-order valence-electron chi connectivity index (χ4n) is 4.09. The van der Waals surface area contributed by atoms with Crippen molar-refractivity contribution in [2.45, 2.75) is 111 Å². The Morgan fingerprint density at radius 1 is 0.828 bits per heavy atom. The van der Waals surface area contributed by atoms with Crippen molar-refractivity contribution in [2.75, 3.05) is 0 Å². The van der Waals surface area contributed by atoms with E-state index in [1.54, 1.807) is 0 Å². The molecule has 0 fully saturated rings. The highest BCUT2D eigenvalue weighted by atomic mass is 16.3. The first-order valence-electron chi connectivity index (χ1n) is 11.8. The minimum Gasteiger partial charge on any atom is -0.390 e. The molecule has 166 valence electrons. The number of hydrogen-bond acceptors (Lipinski definition) is 3. The Morgan fingerprint density at radius 3 is 1.97 bits per heavy atom. The van der Waals surface area contributed by atoms with Gasteiger partial charge in [-0.05, 0) is 62.2 Å². The Hall–Kier alpha value is -1.22. The minimum atomic E-state index is -0.782. The lowest BCUT2D eigenvalue weighted by Gasteiger charge is -2.24. The van der Waals surface area contributed by atoms with Crippen LogP contribution in [0, 0.1) is 17.8 Å². The van der Waals surface area contributed by atoms with Crippen LogP contribution >= 0.6 is 0 Å². The molecule has 0 amide bonds. The number of aliphatic hydroxyl groups is 1. The lowest BCUT2D eigenvalue weighted by molar-refractivity contribution is -0.114. The molecule has 0 aromatic carbocycles. The molecule has 0 aromatic heterocycles. The van der Waals surface area contributed by atoms with Crippen LogP contribution in [0.3, 0.4) is 0 Å². The quantitative estimate of drug-likeness (QED) is 0.313. The highest BCUT2D eigenvalue weighted by Gasteiger charge is 2.23. The summed E-state index contributed by atoms with van der Waals surface area (Å²) >= 11 is 0. The van der Waals surface area contributed by atoms with Crippen LogP contribution in [-0.2, 0) is 9.59 Å². The third-order valence-electron chi connectivity index (χ3n) is 6.25. The zero-order valence-electron chi connectivity index (χ0n) is 19.5. The lowest BCUT2D eigenvalue weighted by atomic mass is 9.87. The monoisotopic (exact) mass is 404 g/mol. The van der Waals surface area contributed by atoms with Gasteiger partial charge >= 0.3 is 0 Å². The third-order valence-corrected chi connectivity index (χ3v) is 6.25. The smallest absolute Gasteiger partial charge is 0.182 e. The maximum atomic E-state index is 11.8. The second-order valence-corrected chi connectivity index (χ2v) is 10.1. The van der Waals surface area contributed by atoms with Crippen molar-refractivity contribution in [1.82, 2.24) is 0 Å². The van der Waals surface area contributed by atoms with Gasteiger partial charge in [-0.2, -0.15) is 0 Å². The summed E-state index contributed by atoms with van der Waals surface area (Å²) in [6.45, 7) is 11.2. The molecule has 0 radical (unpaired) electrons. The molecule has 1 N–H and O–H groups in total. The third kappa shape index (κ3) is 12.2. The molecule has 1 aliphatic carbocycles. The maximum Gasteiger partial charge on any atom is 0.182 e. The Balaban J connectivity index is 2.16. The molecule has 29 heavy (non-hydrogen) atoms. The number of ketones is 2. The first-order valence-corrected chi connectivity index (χ1v) is 11.8. The molecular formula is C26H44O3. The molecular weight excluding hydrogens is 360 g/mol. The van der Waals surface area contributed by atoms with Crippen LogP contribution in [0.15, 0.2) is 23.8 Å². The average molecular weight is 405 g/mol. The van der Waals surface area contributed by atoms with Crippen LogP contribution in [0.5, 0.6) is 0 Å². The van der Waals surface area contributed by atoms with E-state index in [1.165, 1.54) is 56.8 Å². The number of hydrogen-bond donors (Lipinski definition) is 1. The van der Waals surface area contributed by atoms with E-state index in [1.807, 2.05) is 6.92 Å². The maximum absolute atomic E-state index is 11.8. The first kappa shape index (κ1) is 25.8. The zero-order chi connectivity index (χ0) is 21.9. The predicted octanol–water partition coefficient (Wildman–Crippen LogP) is 6.59. The van der Waals surface area contributed by atoms with Crippen LogP contribution in [0.4, 0.5) is 0 Å². The molecule has 0 aromatic rings. The second-order valence-electron chi connectivity index (χ2n) is 10.1. The van der Waals surface area contributed by atoms with E-state index >= 15 is 0 Å². The Morgan fingerprint density at radius 2 is 1.38 bits per heavy atom. The first-order chi connectivity index (χ1) is 13.6. The minimum absolute atomic E-state index is 0.104. The second kappa shape index (κ2) is 13.2. The highest BCUT2D eigenvalue weighted by molar-refractivity contribution is 6.17. The highest BCUT2D eigenvalue weighted by Crippen LogP contribution is 2.26. The predicted molar refractivity (Wildman–Crippen MR) is 122 cm³/mol. The van der Waals surface area contributed by atoms with Crippen LogP contribution in [-0.4, -0.2) is 22.3 Å². The molecule has 0 saturated heterocycles. The van der Waals surface area contributed by atoms with E-state index < -0.39 is 5.60 Å². The van der Waals surface area contributed by atoms with Crippen molar-refractivity contribution in [1.29, 1.82) is 0 Å². The summed E-state index contributed by atoms with van der Waals surface area (Å²) < 4.78 is 0. The van der Waals surface area contributed by atoms with Gasteiger partial charge in [0.1, 0.15) is 0 Å². The van der Waals surface area contributed by atoms with Gasteiger partial charge in [0.15, 0.2) is 11.6 Å². The molecule has 3 heteroatoms. The molecule has 0 bridgehead atoms. The molecule has 1 rings (SSSR count). The standard InChI is InChI=1S/C26H44O3/c1-20(2)9-6-10-21(3)11-7-12-22(4)13-8-17-26(5,29)18-16-23-19-24(27)14-15-25(23)28/h14-15,19-22,29H,6-13,16-18H2,1-5H3. The van der Waals surface area contributed by atoms with E-state index in [9.17, 15) is 14.7 Å². The van der Waals surface area contributed by atoms with Crippen LogP contribution < -0.4 is 0 Å². The van der Waals surface area contributed by atoms with Gasteiger partial charge in [0, 0.05) is 5.57 Å². The van der Waals surface area contributed by atoms with Gasteiger partial charge in [-0.3, -0.25) is 9.59 Å². The van der Waals surface area contributed by atoms with Crippen molar-refractivity contribution in [3.63, 3.8) is 0 Å². The van der Waals surface area contributed by atoms with Gasteiger partial charge in [0.2, 0.25) is 0 Å². The van der Waals surface area contributed by atoms with E-state index in [4.69, 9.17) is 0 Å². The van der Waals surface area contributed by atoms with Crippen molar-refractivity contribution in [3.8, 4) is 0 Å². The van der Waals surface area contributed by atoms with Crippen molar-refractivity contribution >= 4 is 11.6 Å². The van der Waals surface area contributed by atoms with Gasteiger partial charge in [-0.1, -0.05) is 79.1 Å². The Labute approximate surface area is 179 Å². The molecule has 3 atom stereocenters. The van der Waals surface area contributed by atoms with Crippen molar-refractivity contribution in [3.05, 3.63) is 23.8 Å². The van der Waals surface area contributed by atoms with E-state index in [-0.39, 0.29) is 11.6 Å². The number of carbonyl (C=O) groups excluding carboxylic acids is 2. The van der Waals surface area contributed by atoms with Crippen LogP contribution in [0.1, 0.15) is 105 Å². The van der Waals surface area contributed by atoms with Crippen molar-refractivity contribution in [2.24, 2.45) is 17.8 Å². The number of allylic oxidation sites excluding steroid dienone is 4. The molecule has 3 unspecified atom stereocenters. The molecule has 0 heterocycles. The molecule has 0 spiro atoms. The summed E-state index contributed by atoms with van der Waals surface area (Å²) in [4.78, 5) is 23.2. The number of carbonyl (C=O) groups is 2. The summed E-state index contributed by atoms with van der Waals surface area (Å²) in [5.74, 6) is 2.10. The molecule has 3 nitrogen and oxygen atoms in total. The lowest BCUT2D eigenvalue weighted by Crippen LogP contribution is -2.25. The van der Waals surface area contributed by atoms with Crippen molar-refractivity contribution < 1.29 is 14.7 Å². The number of rotatable bonds is 15. The summed E-state index contributed by atoms with van der Waals surface area (Å²) in [6, 6.07) is 0. The van der Waals surface area contributed by atoms with Gasteiger partial charge in [0.25, 0.3) is 0 Å². The molecule has 0 saturated carbocycles. The summed E-state index contributed by atoms with van der Waals surface area (Å²) in [5, 5.41) is 10.6. The summed E-state index contributed by atoms with van der Waals surface area (Å²) in [7, 11) is 0. The van der Waals surface area contributed by atoms with Crippen LogP contribution in [0.2, 0.25) is 0 Å². The largest absolute Gasteiger partial charge is 0.390 e. The normalized spacial score (nSPS) is 18.7. The topological polar surface area (TPSA) is 54.4 Å². The van der Waals surface area contributed by atoms with Gasteiger partial charge in [-0.25, -0.2) is 0 Å². The zero-order valence-corrected chi connectivity index (χ0v) is 19.5. The summed E-state index contributed by atoms with van der Waals surface area (Å²) in [6.07, 6.45) is 15.9. The van der Waals surface area contributed by atoms with E-state index in [0.717, 1.165) is 31.1 Å². The van der Waals surface area contributed by atoms with Gasteiger partial charge in [-0.15, -0.1) is 0 Å². The SMILES string of the molecule is CC(C)CCCC(C)CCCC(C)CCCC(C)(O)CCC1=CC(=O)C=CC1=O. The molecule has 0 aliphatic heterocycles. The summed E-state index contributed by atoms with van der Waals surface area (Å²) in [5.41, 5.74) is -0.260. The fourth-order valence-corrected chi connectivity index (χ4v) is 4.09. The fraction of sp³-hybridized carbons (Fsp3) is 0.769. The van der Waals surface area contributed by atoms with E-state index in [2.05, 4.69) is 27.7 Å². The van der Waals surface area contributed by atoms with Gasteiger partial charge < -0.3 is 5.11 Å². The average Bonchev–Trinajstić information content (AvgIpc) is 2.62. The van der Waals surface area contributed by atoms with E-state index in [0.29, 0.717) is 24.3 Å². The molecule has 1 aliphatic rings. The van der Waals surface area contributed by atoms with Gasteiger partial charge in [0.05, 0.1) is 5.60 Å². The van der Waals surface area contributed by atoms with Crippen LogP contribution in [0.25, 0.3) is 0 Å².